The largest absolute Gasteiger partial charge is 0.494 e. The van der Waals surface area contributed by atoms with Gasteiger partial charge in [0.15, 0.2) is 11.6 Å². The molecule has 1 fully saturated rings. The smallest absolute Gasteiger partial charge is 0.306 e. The third kappa shape index (κ3) is 8.70. The van der Waals surface area contributed by atoms with Crippen molar-refractivity contribution in [2.45, 2.75) is 76.7 Å². The van der Waals surface area contributed by atoms with Crippen LogP contribution >= 0.6 is 0 Å². The molecule has 2 aliphatic rings. The van der Waals surface area contributed by atoms with Crippen LogP contribution in [0.15, 0.2) is 58.6 Å². The van der Waals surface area contributed by atoms with Crippen LogP contribution < -0.4 is 15.6 Å². The van der Waals surface area contributed by atoms with Gasteiger partial charge in [-0.25, -0.2) is 10.4 Å². The number of hydrogen-bond acceptors (Lipinski definition) is 9. The van der Waals surface area contributed by atoms with Crippen molar-refractivity contribution >= 4 is 17.8 Å². The Morgan fingerprint density at radius 1 is 1.19 bits per heavy atom. The van der Waals surface area contributed by atoms with Gasteiger partial charge in [-0.3, -0.25) is 15.0 Å². The number of benzene rings is 2. The fourth-order valence-electron chi connectivity index (χ4n) is 4.78. The first-order valence-electron chi connectivity index (χ1n) is 14.6. The second-order valence-electron chi connectivity index (χ2n) is 11.7. The predicted molar refractivity (Wildman–Crippen MR) is 160 cm³/mol. The lowest BCUT2D eigenvalue weighted by atomic mass is 9.82. The van der Waals surface area contributed by atoms with E-state index in [4.69, 9.17) is 29.8 Å². The van der Waals surface area contributed by atoms with E-state index in [0.29, 0.717) is 47.9 Å². The zero-order chi connectivity index (χ0) is 30.9. The molecule has 0 saturated heterocycles. The number of rotatable bonds is 15. The zero-order valence-electron chi connectivity index (χ0n) is 24.9. The van der Waals surface area contributed by atoms with E-state index >= 15 is 0 Å². The van der Waals surface area contributed by atoms with Gasteiger partial charge in [0.25, 0.3) is 5.91 Å². The summed E-state index contributed by atoms with van der Waals surface area (Å²) in [4.78, 5) is 34.8. The van der Waals surface area contributed by atoms with Gasteiger partial charge in [-0.2, -0.15) is 0 Å². The lowest BCUT2D eigenvalue weighted by Gasteiger charge is -2.31. The van der Waals surface area contributed by atoms with E-state index in [2.05, 4.69) is 20.9 Å². The molecule has 2 aromatic carbocycles. The van der Waals surface area contributed by atoms with Crippen molar-refractivity contribution in [1.82, 2.24) is 10.9 Å². The summed E-state index contributed by atoms with van der Waals surface area (Å²) in [6.07, 6.45) is 1.71. The molecule has 0 bridgehead atoms. The summed E-state index contributed by atoms with van der Waals surface area (Å²) in [6, 6.07) is 14.4. The molecule has 230 valence electrons. The van der Waals surface area contributed by atoms with E-state index in [-0.39, 0.29) is 31.9 Å². The highest BCUT2D eigenvalue weighted by atomic mass is 16.6. The number of nitrogens with one attached hydrogen (secondary N) is 2. The topological polar surface area (TPSA) is 167 Å². The number of carbonyl (C=O) groups is 2. The van der Waals surface area contributed by atoms with Crippen LogP contribution in [0.4, 0.5) is 0 Å². The fourth-order valence-corrected chi connectivity index (χ4v) is 4.78. The first-order chi connectivity index (χ1) is 20.6. The van der Waals surface area contributed by atoms with Gasteiger partial charge >= 0.3 is 5.97 Å². The summed E-state index contributed by atoms with van der Waals surface area (Å²) in [7, 11) is 0. The number of amides is 1. The SMILES string of the molecule is CC(C)(C)OC(=O)CC[C@]1(C(=O)NNCC2CC2)N=C(c2ccc(OCCCO)cc2)O[C@H]1c1ccccc1CN=[N+]=[N-]. The Labute approximate surface area is 251 Å². The molecular weight excluding hydrogens is 552 g/mol. The molecule has 12 heteroatoms. The van der Waals surface area contributed by atoms with E-state index < -0.39 is 29.1 Å². The summed E-state index contributed by atoms with van der Waals surface area (Å²) >= 11 is 0. The standard InChI is InChI=1S/C31H40N6O6/c1-30(2,3)43-26(39)15-16-31(29(40)36-33-19-21-9-10-21)27(25-8-5-4-7-23(25)20-34-37-32)42-28(35-31)22-11-13-24(14-12-22)41-18-6-17-38/h4-5,7-8,11-14,21,27,33,38H,6,9-10,15-20H2,1-3H3,(H,36,40)/t27-,31-/m0/s1. The van der Waals surface area contributed by atoms with Gasteiger partial charge in [0.2, 0.25) is 5.90 Å². The molecule has 1 amide bonds. The maximum atomic E-state index is 14.1. The van der Waals surface area contributed by atoms with Gasteiger partial charge in [-0.05, 0) is 86.9 Å². The van der Waals surface area contributed by atoms with E-state index in [1.165, 1.54) is 0 Å². The van der Waals surface area contributed by atoms with Crippen LogP contribution in [0.25, 0.3) is 10.4 Å². The summed E-state index contributed by atoms with van der Waals surface area (Å²) in [6.45, 7) is 6.45. The number of aliphatic hydroxyl groups excluding tert-OH is 1. The molecule has 2 aromatic rings. The Hall–Kier alpha value is -4.12. The Balaban J connectivity index is 1.73. The molecule has 12 nitrogen and oxygen atoms in total. The first kappa shape index (κ1) is 31.8. The number of azide groups is 1. The molecule has 1 heterocycles. The summed E-state index contributed by atoms with van der Waals surface area (Å²) in [5.74, 6) is 0.451. The second-order valence-corrected chi connectivity index (χ2v) is 11.7. The van der Waals surface area contributed by atoms with Crippen molar-refractivity contribution in [3.8, 4) is 5.75 Å². The van der Waals surface area contributed by atoms with Crippen molar-refractivity contribution in [1.29, 1.82) is 0 Å². The average Bonchev–Trinajstić information content (AvgIpc) is 3.72. The molecule has 1 aliphatic heterocycles. The summed E-state index contributed by atoms with van der Waals surface area (Å²) < 4.78 is 17.7. The predicted octanol–water partition coefficient (Wildman–Crippen LogP) is 4.67. The van der Waals surface area contributed by atoms with Gasteiger partial charge in [0, 0.05) is 36.5 Å². The van der Waals surface area contributed by atoms with Crippen molar-refractivity contribution in [2.75, 3.05) is 19.8 Å². The number of hydrazine groups is 1. The molecule has 4 rings (SSSR count). The molecule has 43 heavy (non-hydrogen) atoms. The number of nitrogens with zero attached hydrogens (tertiary/aromatic N) is 4. The Morgan fingerprint density at radius 3 is 2.60 bits per heavy atom. The quantitative estimate of drug-likeness (QED) is 0.0675. The molecule has 1 aliphatic carbocycles. The second kappa shape index (κ2) is 14.4. The molecule has 0 spiro atoms. The van der Waals surface area contributed by atoms with E-state index in [0.717, 1.165) is 12.8 Å². The highest BCUT2D eigenvalue weighted by Gasteiger charge is 2.54. The number of ether oxygens (including phenoxy) is 3. The molecule has 0 aromatic heterocycles. The summed E-state index contributed by atoms with van der Waals surface area (Å²) in [5.41, 5.74) is 14.5. The van der Waals surface area contributed by atoms with Crippen LogP contribution in [0.1, 0.15) is 75.7 Å². The monoisotopic (exact) mass is 592 g/mol. The lowest BCUT2D eigenvalue weighted by molar-refractivity contribution is -0.155. The normalized spacial score (nSPS) is 19.5. The number of carbonyl (C=O) groups excluding carboxylic acids is 2. The Morgan fingerprint density at radius 2 is 1.93 bits per heavy atom. The van der Waals surface area contributed by atoms with Crippen molar-refractivity contribution in [3.05, 3.63) is 75.7 Å². The van der Waals surface area contributed by atoms with Crippen LogP contribution in [0.2, 0.25) is 0 Å². The van der Waals surface area contributed by atoms with Crippen LogP contribution in [-0.4, -0.2) is 53.8 Å². The van der Waals surface area contributed by atoms with Crippen LogP contribution in [0, 0.1) is 5.92 Å². The maximum absolute atomic E-state index is 14.1. The van der Waals surface area contributed by atoms with Gasteiger partial charge in [0.05, 0.1) is 13.2 Å². The molecule has 2 atom stereocenters. The Kier molecular flexibility index (Phi) is 10.6. The first-order valence-corrected chi connectivity index (χ1v) is 14.6. The Bertz CT molecular complexity index is 1350. The zero-order valence-corrected chi connectivity index (χ0v) is 24.9. The van der Waals surface area contributed by atoms with Crippen LogP contribution in [0.3, 0.4) is 0 Å². The minimum absolute atomic E-state index is 0.00519. The van der Waals surface area contributed by atoms with Crippen LogP contribution in [0.5, 0.6) is 5.75 Å². The van der Waals surface area contributed by atoms with Crippen molar-refractivity contribution in [2.24, 2.45) is 16.0 Å². The summed E-state index contributed by atoms with van der Waals surface area (Å²) in [5, 5.41) is 12.8. The number of hydrogen-bond donors (Lipinski definition) is 3. The fraction of sp³-hybridized carbons (Fsp3) is 0.516. The maximum Gasteiger partial charge on any atom is 0.306 e. The van der Waals surface area contributed by atoms with Gasteiger partial charge in [-0.1, -0.05) is 29.4 Å². The number of aliphatic imine (C=N–C) groups is 1. The molecular formula is C31H40N6O6. The molecule has 0 unspecified atom stereocenters. The van der Waals surface area contributed by atoms with Gasteiger partial charge in [0.1, 0.15) is 11.4 Å². The average molecular weight is 593 g/mol. The third-order valence-corrected chi connectivity index (χ3v) is 7.09. The van der Waals surface area contributed by atoms with Crippen molar-refractivity contribution < 1.29 is 28.9 Å². The number of esters is 1. The highest BCUT2D eigenvalue weighted by molar-refractivity contribution is 6.01. The van der Waals surface area contributed by atoms with E-state index in [9.17, 15) is 9.59 Å². The third-order valence-electron chi connectivity index (χ3n) is 7.09. The molecule has 1 saturated carbocycles. The number of aliphatic hydroxyl groups is 1. The van der Waals surface area contributed by atoms with E-state index in [1.807, 2.05) is 24.3 Å². The van der Waals surface area contributed by atoms with E-state index in [1.54, 1.807) is 45.0 Å². The van der Waals surface area contributed by atoms with Gasteiger partial charge in [-0.15, -0.1) is 0 Å². The van der Waals surface area contributed by atoms with Crippen LogP contribution in [-0.2, 0) is 25.6 Å². The molecule has 0 radical (unpaired) electrons. The lowest BCUT2D eigenvalue weighted by Crippen LogP contribution is -2.53. The minimum Gasteiger partial charge on any atom is -0.494 e. The van der Waals surface area contributed by atoms with Gasteiger partial charge < -0.3 is 19.3 Å². The molecule has 3 N–H and O–H groups in total. The highest BCUT2D eigenvalue weighted by Crippen LogP contribution is 2.44. The van der Waals surface area contributed by atoms with Crippen molar-refractivity contribution in [3.63, 3.8) is 0 Å². The minimum atomic E-state index is -1.55.